The SMILES string of the molecule is CCC(C)OC(=O)N(CCN1CCOCC1)CC(=O)OC. The van der Waals surface area contributed by atoms with Gasteiger partial charge in [0.2, 0.25) is 0 Å². The highest BCUT2D eigenvalue weighted by Crippen LogP contribution is 2.04. The number of methoxy groups -OCH3 is 1. The van der Waals surface area contributed by atoms with Crippen molar-refractivity contribution in [3.05, 3.63) is 0 Å². The van der Waals surface area contributed by atoms with Crippen LogP contribution in [0.2, 0.25) is 0 Å². The van der Waals surface area contributed by atoms with Crippen molar-refractivity contribution in [2.24, 2.45) is 0 Å². The number of hydrogen-bond acceptors (Lipinski definition) is 6. The van der Waals surface area contributed by atoms with Gasteiger partial charge in [-0.1, -0.05) is 6.92 Å². The first kappa shape index (κ1) is 17.7. The van der Waals surface area contributed by atoms with Gasteiger partial charge in [-0.3, -0.25) is 14.6 Å². The number of rotatable bonds is 7. The van der Waals surface area contributed by atoms with E-state index in [9.17, 15) is 9.59 Å². The minimum absolute atomic E-state index is 0.0872. The highest BCUT2D eigenvalue weighted by molar-refractivity contribution is 5.78. The maximum Gasteiger partial charge on any atom is 0.410 e. The summed E-state index contributed by atoms with van der Waals surface area (Å²) in [5.74, 6) is -0.446. The monoisotopic (exact) mass is 302 g/mol. The van der Waals surface area contributed by atoms with Crippen LogP contribution in [0.15, 0.2) is 0 Å². The largest absolute Gasteiger partial charge is 0.468 e. The van der Waals surface area contributed by atoms with E-state index in [1.807, 2.05) is 13.8 Å². The Balaban J connectivity index is 2.49. The number of morpholine rings is 1. The van der Waals surface area contributed by atoms with E-state index >= 15 is 0 Å². The minimum Gasteiger partial charge on any atom is -0.468 e. The molecule has 0 aromatic heterocycles. The average Bonchev–Trinajstić information content (AvgIpc) is 2.51. The van der Waals surface area contributed by atoms with Gasteiger partial charge in [0.15, 0.2) is 0 Å². The smallest absolute Gasteiger partial charge is 0.410 e. The Morgan fingerprint density at radius 2 is 2.00 bits per heavy atom. The lowest BCUT2D eigenvalue weighted by atomic mass is 10.3. The molecule has 0 saturated carbocycles. The van der Waals surface area contributed by atoms with Crippen LogP contribution in [0.1, 0.15) is 20.3 Å². The maximum atomic E-state index is 12.1. The van der Waals surface area contributed by atoms with Crippen LogP contribution in [0.25, 0.3) is 0 Å². The van der Waals surface area contributed by atoms with Gasteiger partial charge in [0.25, 0.3) is 0 Å². The van der Waals surface area contributed by atoms with Gasteiger partial charge >= 0.3 is 12.1 Å². The molecule has 1 unspecified atom stereocenters. The Morgan fingerprint density at radius 1 is 1.33 bits per heavy atom. The summed E-state index contributed by atoms with van der Waals surface area (Å²) in [4.78, 5) is 27.1. The number of carbonyl (C=O) groups is 2. The van der Waals surface area contributed by atoms with Crippen molar-refractivity contribution >= 4 is 12.1 Å². The Bertz CT molecular complexity index is 331. The van der Waals surface area contributed by atoms with Crippen LogP contribution in [0.5, 0.6) is 0 Å². The zero-order valence-corrected chi connectivity index (χ0v) is 13.2. The summed E-state index contributed by atoms with van der Waals surface area (Å²) in [6, 6.07) is 0. The van der Waals surface area contributed by atoms with Crippen LogP contribution in [-0.2, 0) is 19.0 Å². The second-order valence-corrected chi connectivity index (χ2v) is 5.05. The van der Waals surface area contributed by atoms with Gasteiger partial charge in [0, 0.05) is 26.2 Å². The van der Waals surface area contributed by atoms with E-state index in [2.05, 4.69) is 9.64 Å². The molecular weight excluding hydrogens is 276 g/mol. The molecule has 0 spiro atoms. The van der Waals surface area contributed by atoms with Crippen molar-refractivity contribution < 1.29 is 23.8 Å². The number of amides is 1. The molecule has 1 rings (SSSR count). The predicted octanol–water partition coefficient (Wildman–Crippen LogP) is 0.729. The maximum absolute atomic E-state index is 12.1. The molecule has 7 heteroatoms. The molecule has 1 aliphatic heterocycles. The summed E-state index contributed by atoms with van der Waals surface area (Å²) in [5.41, 5.74) is 0. The third-order valence-corrected chi connectivity index (χ3v) is 3.47. The fourth-order valence-corrected chi connectivity index (χ4v) is 1.87. The number of esters is 1. The second-order valence-electron chi connectivity index (χ2n) is 5.05. The number of hydrogen-bond donors (Lipinski definition) is 0. The van der Waals surface area contributed by atoms with Gasteiger partial charge in [-0.05, 0) is 13.3 Å². The van der Waals surface area contributed by atoms with Crippen molar-refractivity contribution in [2.45, 2.75) is 26.4 Å². The Morgan fingerprint density at radius 3 is 2.57 bits per heavy atom. The average molecular weight is 302 g/mol. The first-order valence-electron chi connectivity index (χ1n) is 7.39. The van der Waals surface area contributed by atoms with Gasteiger partial charge < -0.3 is 14.2 Å². The quantitative estimate of drug-likeness (QED) is 0.646. The molecule has 1 fully saturated rings. The molecule has 0 aromatic carbocycles. The fourth-order valence-electron chi connectivity index (χ4n) is 1.87. The Hall–Kier alpha value is -1.34. The van der Waals surface area contributed by atoms with Crippen LogP contribution in [-0.4, -0.2) is 81.0 Å². The summed E-state index contributed by atoms with van der Waals surface area (Å²) < 4.78 is 15.2. The first-order chi connectivity index (χ1) is 10.1. The van der Waals surface area contributed by atoms with E-state index in [1.165, 1.54) is 12.0 Å². The molecule has 0 bridgehead atoms. The topological polar surface area (TPSA) is 68.3 Å². The van der Waals surface area contributed by atoms with Crippen LogP contribution in [0.4, 0.5) is 4.79 Å². The van der Waals surface area contributed by atoms with Crippen LogP contribution in [0, 0.1) is 0 Å². The normalized spacial score (nSPS) is 17.1. The van der Waals surface area contributed by atoms with Gasteiger partial charge in [-0.2, -0.15) is 0 Å². The molecular formula is C14H26N2O5. The Kier molecular flexibility index (Phi) is 8.07. The van der Waals surface area contributed by atoms with Gasteiger partial charge in [0.1, 0.15) is 12.6 Å². The Labute approximate surface area is 126 Å². The third-order valence-electron chi connectivity index (χ3n) is 3.47. The molecule has 0 N–H and O–H groups in total. The first-order valence-corrected chi connectivity index (χ1v) is 7.39. The highest BCUT2D eigenvalue weighted by atomic mass is 16.6. The molecule has 0 aromatic rings. The second kappa shape index (κ2) is 9.57. The summed E-state index contributed by atoms with van der Waals surface area (Å²) in [5, 5.41) is 0. The molecule has 0 aliphatic carbocycles. The molecule has 1 saturated heterocycles. The van der Waals surface area contributed by atoms with E-state index in [4.69, 9.17) is 9.47 Å². The molecule has 1 amide bonds. The van der Waals surface area contributed by atoms with Crippen molar-refractivity contribution in [3.63, 3.8) is 0 Å². The lowest BCUT2D eigenvalue weighted by Gasteiger charge is -2.29. The summed E-state index contributed by atoms with van der Waals surface area (Å²) in [6.45, 7) is 7.89. The minimum atomic E-state index is -0.469. The van der Waals surface area contributed by atoms with Crippen molar-refractivity contribution in [2.75, 3.05) is 53.0 Å². The summed E-state index contributed by atoms with van der Waals surface area (Å²) >= 11 is 0. The van der Waals surface area contributed by atoms with Gasteiger partial charge in [-0.25, -0.2) is 4.79 Å². The van der Waals surface area contributed by atoms with E-state index < -0.39 is 12.1 Å². The molecule has 7 nitrogen and oxygen atoms in total. The van der Waals surface area contributed by atoms with E-state index in [0.717, 1.165) is 19.5 Å². The van der Waals surface area contributed by atoms with Gasteiger partial charge in [-0.15, -0.1) is 0 Å². The zero-order chi connectivity index (χ0) is 15.7. The summed E-state index contributed by atoms with van der Waals surface area (Å²) in [7, 11) is 1.31. The molecule has 21 heavy (non-hydrogen) atoms. The standard InChI is InChI=1S/C14H26N2O5/c1-4-12(2)21-14(18)16(11-13(17)19-3)6-5-15-7-9-20-10-8-15/h12H,4-11H2,1-3H3. The van der Waals surface area contributed by atoms with Crippen molar-refractivity contribution in [3.8, 4) is 0 Å². The third kappa shape index (κ3) is 6.77. The van der Waals surface area contributed by atoms with Crippen molar-refractivity contribution in [1.82, 2.24) is 9.80 Å². The van der Waals surface area contributed by atoms with E-state index in [1.54, 1.807) is 0 Å². The predicted molar refractivity (Wildman–Crippen MR) is 77.1 cm³/mol. The van der Waals surface area contributed by atoms with Crippen LogP contribution < -0.4 is 0 Å². The number of carbonyl (C=O) groups excluding carboxylic acids is 2. The molecule has 1 heterocycles. The van der Waals surface area contributed by atoms with E-state index in [-0.39, 0.29) is 12.6 Å². The van der Waals surface area contributed by atoms with Crippen LogP contribution in [0.3, 0.4) is 0 Å². The number of ether oxygens (including phenoxy) is 3. The molecule has 1 atom stereocenters. The van der Waals surface area contributed by atoms with E-state index in [0.29, 0.717) is 26.3 Å². The molecule has 122 valence electrons. The summed E-state index contributed by atoms with van der Waals surface area (Å²) in [6.07, 6.45) is 0.102. The molecule has 1 aliphatic rings. The highest BCUT2D eigenvalue weighted by Gasteiger charge is 2.22. The van der Waals surface area contributed by atoms with Crippen molar-refractivity contribution in [1.29, 1.82) is 0 Å². The zero-order valence-electron chi connectivity index (χ0n) is 13.2. The fraction of sp³-hybridized carbons (Fsp3) is 0.857. The number of nitrogens with zero attached hydrogens (tertiary/aromatic N) is 2. The lowest BCUT2D eigenvalue weighted by Crippen LogP contribution is -2.45. The molecule has 0 radical (unpaired) electrons. The van der Waals surface area contributed by atoms with Gasteiger partial charge in [0.05, 0.1) is 20.3 Å². The van der Waals surface area contributed by atoms with Crippen LogP contribution >= 0.6 is 0 Å². The lowest BCUT2D eigenvalue weighted by molar-refractivity contribution is -0.141.